The highest BCUT2D eigenvalue weighted by Gasteiger charge is 2.28. The molecule has 1 aromatic heterocycles. The van der Waals surface area contributed by atoms with Crippen molar-refractivity contribution >= 4 is 12.1 Å². The Balaban J connectivity index is 1.92. The highest BCUT2D eigenvalue weighted by atomic mass is 16.5. The monoisotopic (exact) mass is 233 g/mol. The van der Waals surface area contributed by atoms with Gasteiger partial charge in [0.2, 0.25) is 0 Å². The van der Waals surface area contributed by atoms with E-state index in [1.54, 1.807) is 6.20 Å². The van der Waals surface area contributed by atoms with Crippen LogP contribution in [0.2, 0.25) is 0 Å². The summed E-state index contributed by atoms with van der Waals surface area (Å²) in [6.07, 6.45) is 4.83. The van der Waals surface area contributed by atoms with E-state index >= 15 is 0 Å². The van der Waals surface area contributed by atoms with Crippen LogP contribution in [0.3, 0.4) is 0 Å². The molecule has 0 radical (unpaired) electrons. The Morgan fingerprint density at radius 1 is 1.35 bits per heavy atom. The van der Waals surface area contributed by atoms with Crippen LogP contribution in [-0.4, -0.2) is 42.6 Å². The van der Waals surface area contributed by atoms with Crippen molar-refractivity contribution in [1.82, 2.24) is 9.97 Å². The lowest BCUT2D eigenvalue weighted by atomic mass is 10.2. The largest absolute Gasteiger partial charge is 0.378 e. The van der Waals surface area contributed by atoms with Crippen molar-refractivity contribution in [3.05, 3.63) is 17.6 Å². The molecule has 0 spiro atoms. The Labute approximate surface area is 99.8 Å². The lowest BCUT2D eigenvalue weighted by Crippen LogP contribution is -2.37. The van der Waals surface area contributed by atoms with Crippen LogP contribution in [0.4, 0.5) is 5.82 Å². The smallest absolute Gasteiger partial charge is 0.155 e. The van der Waals surface area contributed by atoms with Crippen molar-refractivity contribution in [1.29, 1.82) is 0 Å². The third-order valence-corrected chi connectivity index (χ3v) is 3.19. The molecule has 1 aliphatic carbocycles. The highest BCUT2D eigenvalue weighted by Crippen LogP contribution is 2.38. The van der Waals surface area contributed by atoms with Gasteiger partial charge in [0.05, 0.1) is 18.8 Å². The van der Waals surface area contributed by atoms with Crippen molar-refractivity contribution < 1.29 is 9.53 Å². The lowest BCUT2D eigenvalue weighted by Gasteiger charge is -2.28. The minimum atomic E-state index is 0.510. The molecule has 2 heterocycles. The number of hydrogen-bond donors (Lipinski definition) is 0. The van der Waals surface area contributed by atoms with Crippen molar-refractivity contribution in [2.75, 3.05) is 31.2 Å². The Hall–Kier alpha value is -1.49. The van der Waals surface area contributed by atoms with Gasteiger partial charge in [-0.1, -0.05) is 0 Å². The summed E-state index contributed by atoms with van der Waals surface area (Å²) < 4.78 is 5.31. The van der Waals surface area contributed by atoms with E-state index in [9.17, 15) is 4.79 Å². The SMILES string of the molecule is O=Cc1cnc(C2CC2)nc1N1CCOCC1. The first kappa shape index (κ1) is 10.7. The topological polar surface area (TPSA) is 55.3 Å². The average Bonchev–Trinajstić information content (AvgIpc) is 3.23. The molecular weight excluding hydrogens is 218 g/mol. The maximum absolute atomic E-state index is 11.0. The Kier molecular flexibility index (Phi) is 2.76. The molecule has 5 nitrogen and oxygen atoms in total. The van der Waals surface area contributed by atoms with Crippen LogP contribution >= 0.6 is 0 Å². The number of ether oxygens (including phenoxy) is 1. The fraction of sp³-hybridized carbons (Fsp3) is 0.583. The maximum atomic E-state index is 11.0. The average molecular weight is 233 g/mol. The van der Waals surface area contributed by atoms with Gasteiger partial charge >= 0.3 is 0 Å². The van der Waals surface area contributed by atoms with Crippen molar-refractivity contribution in [3.8, 4) is 0 Å². The molecule has 5 heteroatoms. The van der Waals surface area contributed by atoms with E-state index in [1.165, 1.54) is 12.8 Å². The van der Waals surface area contributed by atoms with Gasteiger partial charge in [-0.25, -0.2) is 9.97 Å². The number of aromatic nitrogens is 2. The van der Waals surface area contributed by atoms with Crippen LogP contribution in [-0.2, 0) is 4.74 Å². The molecule has 2 aliphatic rings. The predicted octanol–water partition coefficient (Wildman–Crippen LogP) is 1.00. The molecule has 1 aliphatic heterocycles. The van der Waals surface area contributed by atoms with E-state index in [1.807, 2.05) is 0 Å². The summed E-state index contributed by atoms with van der Waals surface area (Å²) in [6.45, 7) is 2.98. The third kappa shape index (κ3) is 2.15. The molecule has 1 aromatic rings. The molecule has 17 heavy (non-hydrogen) atoms. The Bertz CT molecular complexity index is 426. The number of nitrogens with zero attached hydrogens (tertiary/aromatic N) is 3. The second-order valence-electron chi connectivity index (χ2n) is 4.50. The number of carbonyl (C=O) groups excluding carboxylic acids is 1. The van der Waals surface area contributed by atoms with E-state index in [-0.39, 0.29) is 0 Å². The van der Waals surface area contributed by atoms with Gasteiger partial charge in [0.15, 0.2) is 6.29 Å². The molecule has 1 saturated carbocycles. The van der Waals surface area contributed by atoms with Gasteiger partial charge in [-0.3, -0.25) is 4.79 Å². The van der Waals surface area contributed by atoms with Crippen LogP contribution < -0.4 is 4.90 Å². The van der Waals surface area contributed by atoms with Gasteiger partial charge in [0.25, 0.3) is 0 Å². The van der Waals surface area contributed by atoms with E-state index in [4.69, 9.17) is 4.74 Å². The fourth-order valence-electron chi connectivity index (χ4n) is 2.05. The zero-order chi connectivity index (χ0) is 11.7. The first-order chi connectivity index (χ1) is 8.38. The first-order valence-electron chi connectivity index (χ1n) is 6.03. The normalized spacial score (nSPS) is 20.4. The number of carbonyl (C=O) groups is 1. The van der Waals surface area contributed by atoms with Crippen molar-refractivity contribution in [3.63, 3.8) is 0 Å². The summed E-state index contributed by atoms with van der Waals surface area (Å²) in [7, 11) is 0. The van der Waals surface area contributed by atoms with Gasteiger partial charge < -0.3 is 9.64 Å². The summed E-state index contributed by atoms with van der Waals surface area (Å²) in [4.78, 5) is 22.0. The molecule has 0 atom stereocenters. The standard InChI is InChI=1S/C12H15N3O2/c16-8-10-7-13-11(9-1-2-9)14-12(10)15-3-5-17-6-4-15/h7-9H,1-6H2. The molecule has 90 valence electrons. The van der Waals surface area contributed by atoms with Gasteiger partial charge in [0, 0.05) is 25.2 Å². The molecule has 3 rings (SSSR count). The summed E-state index contributed by atoms with van der Waals surface area (Å²) >= 11 is 0. The summed E-state index contributed by atoms with van der Waals surface area (Å²) in [6, 6.07) is 0. The van der Waals surface area contributed by atoms with E-state index < -0.39 is 0 Å². The molecule has 0 aromatic carbocycles. The summed E-state index contributed by atoms with van der Waals surface area (Å²) in [5, 5.41) is 0. The number of aldehydes is 1. The van der Waals surface area contributed by atoms with Crippen LogP contribution in [0.1, 0.15) is 34.9 Å². The molecule has 0 N–H and O–H groups in total. The third-order valence-electron chi connectivity index (χ3n) is 3.19. The molecule has 0 amide bonds. The second kappa shape index (κ2) is 4.41. The zero-order valence-corrected chi connectivity index (χ0v) is 9.63. The van der Waals surface area contributed by atoms with Crippen LogP contribution in [0.5, 0.6) is 0 Å². The van der Waals surface area contributed by atoms with Crippen LogP contribution in [0.15, 0.2) is 6.20 Å². The van der Waals surface area contributed by atoms with Crippen molar-refractivity contribution in [2.24, 2.45) is 0 Å². The minimum absolute atomic E-state index is 0.510. The Morgan fingerprint density at radius 3 is 2.76 bits per heavy atom. The van der Waals surface area contributed by atoms with Crippen LogP contribution in [0, 0.1) is 0 Å². The van der Waals surface area contributed by atoms with Crippen molar-refractivity contribution in [2.45, 2.75) is 18.8 Å². The molecule has 0 unspecified atom stereocenters. The predicted molar refractivity (Wildman–Crippen MR) is 62.4 cm³/mol. The summed E-state index contributed by atoms with van der Waals surface area (Å²) in [5.74, 6) is 2.17. The number of anilines is 1. The molecular formula is C12H15N3O2. The van der Waals surface area contributed by atoms with E-state index in [2.05, 4.69) is 14.9 Å². The molecule has 1 saturated heterocycles. The highest BCUT2D eigenvalue weighted by molar-refractivity contribution is 5.82. The minimum Gasteiger partial charge on any atom is -0.378 e. The zero-order valence-electron chi connectivity index (χ0n) is 9.63. The van der Waals surface area contributed by atoms with Gasteiger partial charge in [-0.2, -0.15) is 0 Å². The van der Waals surface area contributed by atoms with Gasteiger partial charge in [-0.05, 0) is 12.8 Å². The number of hydrogen-bond acceptors (Lipinski definition) is 5. The molecule has 0 bridgehead atoms. The van der Waals surface area contributed by atoms with Crippen LogP contribution in [0.25, 0.3) is 0 Å². The van der Waals surface area contributed by atoms with Gasteiger partial charge in [0.1, 0.15) is 11.6 Å². The van der Waals surface area contributed by atoms with E-state index in [0.29, 0.717) is 24.7 Å². The second-order valence-corrected chi connectivity index (χ2v) is 4.50. The first-order valence-corrected chi connectivity index (χ1v) is 6.03. The quantitative estimate of drug-likeness (QED) is 0.729. The van der Waals surface area contributed by atoms with Gasteiger partial charge in [-0.15, -0.1) is 0 Å². The maximum Gasteiger partial charge on any atom is 0.155 e. The Morgan fingerprint density at radius 2 is 2.12 bits per heavy atom. The number of morpholine rings is 1. The fourth-order valence-corrected chi connectivity index (χ4v) is 2.05. The van der Waals surface area contributed by atoms with E-state index in [0.717, 1.165) is 31.0 Å². The number of rotatable bonds is 3. The molecule has 2 fully saturated rings. The lowest BCUT2D eigenvalue weighted by molar-refractivity contribution is 0.111. The summed E-state index contributed by atoms with van der Waals surface area (Å²) in [5.41, 5.74) is 0.580.